The van der Waals surface area contributed by atoms with E-state index < -0.39 is 0 Å². The lowest BCUT2D eigenvalue weighted by molar-refractivity contribution is 0.288. The first-order chi connectivity index (χ1) is 16.4. The van der Waals surface area contributed by atoms with Crippen molar-refractivity contribution < 1.29 is 4.74 Å². The first-order valence-corrected chi connectivity index (χ1v) is 12.0. The van der Waals surface area contributed by atoms with Gasteiger partial charge in [-0.05, 0) is 39.8 Å². The van der Waals surface area contributed by atoms with Gasteiger partial charge in [-0.15, -0.1) is 11.3 Å². The van der Waals surface area contributed by atoms with Crippen LogP contribution in [0.4, 0.5) is 0 Å². The van der Waals surface area contributed by atoms with Crippen molar-refractivity contribution in [3.63, 3.8) is 0 Å². The summed E-state index contributed by atoms with van der Waals surface area (Å²) >= 11 is 1.70. The fraction of sp³-hybridized carbons (Fsp3) is 0.308. The third-order valence-electron chi connectivity index (χ3n) is 5.29. The van der Waals surface area contributed by atoms with Gasteiger partial charge in [-0.1, -0.05) is 24.3 Å². The minimum atomic E-state index is 0.334. The summed E-state index contributed by atoms with van der Waals surface area (Å²) in [4.78, 5) is 28.6. The van der Waals surface area contributed by atoms with Gasteiger partial charge in [-0.2, -0.15) is 4.98 Å². The summed E-state index contributed by atoms with van der Waals surface area (Å²) in [6.45, 7) is 8.22. The molecule has 1 aromatic carbocycles. The van der Waals surface area contributed by atoms with Crippen molar-refractivity contribution in [1.29, 1.82) is 0 Å². The molecule has 0 saturated heterocycles. The average molecular weight is 473 g/mol. The largest absolute Gasteiger partial charge is 0.471 e. The quantitative estimate of drug-likeness (QED) is 0.270. The molecule has 0 atom stereocenters. The van der Waals surface area contributed by atoms with Gasteiger partial charge in [-0.3, -0.25) is 4.99 Å². The minimum absolute atomic E-state index is 0.334. The molecular weight excluding hydrogens is 444 g/mol. The maximum absolute atomic E-state index is 6.00. The standard InChI is InChI=1S/C26H28N6OS/c1-16-25(31-19(4)34-16)13-22(28-17(2)27-5)12-23-14-26(30-18(3)29-23)33-15-21-11-10-20-8-6-7-9-24(20)32-21/h6-11,14H,12-13,15H2,1-5H3. The lowest BCUT2D eigenvalue weighted by atomic mass is 10.1. The normalized spacial score (nSPS) is 12.4. The van der Waals surface area contributed by atoms with E-state index in [1.165, 1.54) is 4.88 Å². The average Bonchev–Trinajstić information content (AvgIpc) is 3.13. The van der Waals surface area contributed by atoms with Crippen molar-refractivity contribution in [3.05, 3.63) is 75.3 Å². The Kier molecular flexibility index (Phi) is 7.37. The molecule has 7 nitrogen and oxygen atoms in total. The number of rotatable bonds is 7. The highest BCUT2D eigenvalue weighted by Gasteiger charge is 2.13. The summed E-state index contributed by atoms with van der Waals surface area (Å²) < 4.78 is 6.00. The molecule has 0 saturated carbocycles. The van der Waals surface area contributed by atoms with Crippen LogP contribution in [0.2, 0.25) is 0 Å². The first-order valence-electron chi connectivity index (χ1n) is 11.1. The van der Waals surface area contributed by atoms with E-state index in [0.29, 0.717) is 31.2 Å². The number of benzene rings is 1. The Morgan fingerprint density at radius 3 is 2.53 bits per heavy atom. The van der Waals surface area contributed by atoms with Crippen molar-refractivity contribution in [3.8, 4) is 5.88 Å². The monoisotopic (exact) mass is 472 g/mol. The second-order valence-electron chi connectivity index (χ2n) is 8.07. The van der Waals surface area contributed by atoms with Gasteiger partial charge in [0.05, 0.1) is 27.6 Å². The fourth-order valence-electron chi connectivity index (χ4n) is 3.66. The highest BCUT2D eigenvalue weighted by atomic mass is 32.1. The van der Waals surface area contributed by atoms with Crippen molar-refractivity contribution in [1.82, 2.24) is 19.9 Å². The summed E-state index contributed by atoms with van der Waals surface area (Å²) in [5.41, 5.74) is 4.65. The van der Waals surface area contributed by atoms with E-state index in [0.717, 1.165) is 44.5 Å². The van der Waals surface area contributed by atoms with Gasteiger partial charge in [0.1, 0.15) is 18.3 Å². The van der Waals surface area contributed by atoms with Crippen molar-refractivity contribution in [2.75, 3.05) is 7.05 Å². The Labute approximate surface area is 203 Å². The molecule has 0 radical (unpaired) electrons. The molecule has 0 spiro atoms. The lowest BCUT2D eigenvalue weighted by Gasteiger charge is -2.10. The first kappa shape index (κ1) is 23.6. The minimum Gasteiger partial charge on any atom is -0.471 e. The molecule has 0 N–H and O–H groups in total. The van der Waals surface area contributed by atoms with Crippen molar-refractivity contribution >= 4 is 33.8 Å². The number of para-hydroxylation sites is 1. The predicted octanol–water partition coefficient (Wildman–Crippen LogP) is 5.26. The van der Waals surface area contributed by atoms with E-state index >= 15 is 0 Å². The molecule has 8 heteroatoms. The lowest BCUT2D eigenvalue weighted by Crippen LogP contribution is -2.13. The summed E-state index contributed by atoms with van der Waals surface area (Å²) in [5, 5.41) is 2.17. The van der Waals surface area contributed by atoms with Crippen LogP contribution in [0.3, 0.4) is 0 Å². The Bertz CT molecular complexity index is 1370. The van der Waals surface area contributed by atoms with Crippen LogP contribution < -0.4 is 4.74 Å². The van der Waals surface area contributed by atoms with Crippen LogP contribution in [0, 0.1) is 20.8 Å². The Balaban J connectivity index is 1.52. The van der Waals surface area contributed by atoms with Gasteiger partial charge in [0.2, 0.25) is 5.88 Å². The number of amidine groups is 1. The zero-order valence-corrected chi connectivity index (χ0v) is 21.0. The van der Waals surface area contributed by atoms with Crippen LogP contribution in [0.15, 0.2) is 52.4 Å². The van der Waals surface area contributed by atoms with E-state index in [2.05, 4.69) is 37.9 Å². The molecule has 0 unspecified atom stereocenters. The van der Waals surface area contributed by atoms with Gasteiger partial charge < -0.3 is 4.74 Å². The Morgan fingerprint density at radius 2 is 1.76 bits per heavy atom. The van der Waals surface area contributed by atoms with Crippen molar-refractivity contribution in [2.24, 2.45) is 9.98 Å². The number of nitrogens with zero attached hydrogens (tertiary/aromatic N) is 6. The number of hydrogen-bond donors (Lipinski definition) is 0. The molecule has 34 heavy (non-hydrogen) atoms. The molecule has 4 rings (SSSR count). The number of hydrogen-bond acceptors (Lipinski definition) is 7. The van der Waals surface area contributed by atoms with Crippen LogP contribution in [0.25, 0.3) is 10.9 Å². The highest BCUT2D eigenvalue weighted by Crippen LogP contribution is 2.19. The third kappa shape index (κ3) is 6.08. The molecule has 0 fully saturated rings. The summed E-state index contributed by atoms with van der Waals surface area (Å²) in [6, 6.07) is 14.0. The molecule has 4 aromatic rings. The molecule has 3 aromatic heterocycles. The van der Waals surface area contributed by atoms with E-state index in [1.54, 1.807) is 18.4 Å². The molecular formula is C26H28N6OS. The third-order valence-corrected chi connectivity index (χ3v) is 6.22. The molecule has 0 bridgehead atoms. The smallest absolute Gasteiger partial charge is 0.217 e. The van der Waals surface area contributed by atoms with E-state index in [1.807, 2.05) is 57.2 Å². The number of ether oxygens (including phenoxy) is 1. The van der Waals surface area contributed by atoms with Crippen LogP contribution in [-0.2, 0) is 19.4 Å². The van der Waals surface area contributed by atoms with Gasteiger partial charge in [-0.25, -0.2) is 19.9 Å². The molecule has 0 amide bonds. The highest BCUT2D eigenvalue weighted by molar-refractivity contribution is 7.11. The van der Waals surface area contributed by atoms with Gasteiger partial charge in [0.25, 0.3) is 0 Å². The van der Waals surface area contributed by atoms with Crippen LogP contribution in [0.5, 0.6) is 5.88 Å². The van der Waals surface area contributed by atoms with E-state index in [-0.39, 0.29) is 0 Å². The number of fused-ring (bicyclic) bond motifs is 1. The van der Waals surface area contributed by atoms with Gasteiger partial charge in [0, 0.05) is 41.9 Å². The van der Waals surface area contributed by atoms with E-state index in [4.69, 9.17) is 9.73 Å². The second kappa shape index (κ2) is 10.6. The zero-order chi connectivity index (χ0) is 24.1. The molecule has 3 heterocycles. The number of pyridine rings is 1. The number of aryl methyl sites for hydroxylation is 3. The maximum Gasteiger partial charge on any atom is 0.217 e. The predicted molar refractivity (Wildman–Crippen MR) is 138 cm³/mol. The maximum atomic E-state index is 6.00. The molecule has 0 aliphatic carbocycles. The van der Waals surface area contributed by atoms with Gasteiger partial charge in [0.15, 0.2) is 0 Å². The van der Waals surface area contributed by atoms with Crippen LogP contribution >= 0.6 is 11.3 Å². The van der Waals surface area contributed by atoms with Crippen molar-refractivity contribution in [2.45, 2.75) is 47.1 Å². The Hall–Kier alpha value is -3.52. The molecule has 174 valence electrons. The Morgan fingerprint density at radius 1 is 0.941 bits per heavy atom. The number of aliphatic imine (C=N–C) groups is 2. The molecule has 0 aliphatic rings. The zero-order valence-electron chi connectivity index (χ0n) is 20.2. The number of aromatic nitrogens is 4. The SMILES string of the molecule is CN=C(C)N=C(Cc1cc(OCc2ccc3ccccc3n2)nc(C)n1)Cc1nc(C)sc1C. The number of thiazole rings is 1. The topological polar surface area (TPSA) is 85.5 Å². The van der Waals surface area contributed by atoms with Crippen LogP contribution in [-0.4, -0.2) is 38.5 Å². The summed E-state index contributed by atoms with van der Waals surface area (Å²) in [6.07, 6.45) is 1.22. The molecule has 0 aliphatic heterocycles. The fourth-order valence-corrected chi connectivity index (χ4v) is 4.49. The summed E-state index contributed by atoms with van der Waals surface area (Å²) in [7, 11) is 1.75. The second-order valence-corrected chi connectivity index (χ2v) is 9.47. The van der Waals surface area contributed by atoms with E-state index in [9.17, 15) is 0 Å². The summed E-state index contributed by atoms with van der Waals surface area (Å²) in [5.74, 6) is 1.91. The van der Waals surface area contributed by atoms with Gasteiger partial charge >= 0.3 is 0 Å². The van der Waals surface area contributed by atoms with Crippen LogP contribution in [0.1, 0.15) is 39.7 Å².